The summed E-state index contributed by atoms with van der Waals surface area (Å²) >= 11 is 1.85. The zero-order valence-corrected chi connectivity index (χ0v) is 10.5. The summed E-state index contributed by atoms with van der Waals surface area (Å²) in [7, 11) is 1.90. The van der Waals surface area contributed by atoms with E-state index in [2.05, 4.69) is 29.1 Å². The molecule has 0 amide bonds. The van der Waals surface area contributed by atoms with Crippen molar-refractivity contribution in [2.75, 3.05) is 18.1 Å². The van der Waals surface area contributed by atoms with Gasteiger partial charge >= 0.3 is 0 Å². The molecule has 0 fully saturated rings. The van der Waals surface area contributed by atoms with Crippen molar-refractivity contribution in [1.29, 1.82) is 0 Å². The largest absolute Gasteiger partial charge is 0.373 e. The number of anilines is 1. The molecule has 15 heavy (non-hydrogen) atoms. The molecule has 1 aromatic heterocycles. The Morgan fingerprint density at radius 3 is 2.73 bits per heavy atom. The molecule has 3 nitrogen and oxygen atoms in total. The normalized spacial score (nSPS) is 10.3. The van der Waals surface area contributed by atoms with E-state index in [9.17, 15) is 0 Å². The summed E-state index contributed by atoms with van der Waals surface area (Å²) in [6.45, 7) is 4.32. The van der Waals surface area contributed by atoms with Gasteiger partial charge in [-0.3, -0.25) is 0 Å². The Kier molecular flexibility index (Phi) is 5.47. The van der Waals surface area contributed by atoms with Crippen LogP contribution in [0, 0.1) is 0 Å². The average molecular weight is 225 g/mol. The van der Waals surface area contributed by atoms with Crippen LogP contribution < -0.4 is 5.32 Å². The van der Waals surface area contributed by atoms with E-state index in [0.717, 1.165) is 41.7 Å². The van der Waals surface area contributed by atoms with Gasteiger partial charge in [-0.1, -0.05) is 20.3 Å². The lowest BCUT2D eigenvalue weighted by molar-refractivity contribution is 0.855. The number of nitrogens with one attached hydrogen (secondary N) is 1. The van der Waals surface area contributed by atoms with Crippen LogP contribution in [0.5, 0.6) is 0 Å². The number of aryl methyl sites for hydroxylation is 1. The standard InChI is InChI=1S/C11H19N3S/c1-4-6-9-7-10(12-3)14-11(13-9)8-15-5-2/h7H,4-6,8H2,1-3H3,(H,12,13,14). The highest BCUT2D eigenvalue weighted by Crippen LogP contribution is 2.13. The fourth-order valence-electron chi connectivity index (χ4n) is 1.32. The highest BCUT2D eigenvalue weighted by atomic mass is 32.2. The Labute approximate surface area is 96.1 Å². The van der Waals surface area contributed by atoms with Crippen LogP contribution in [0.3, 0.4) is 0 Å². The van der Waals surface area contributed by atoms with Crippen molar-refractivity contribution < 1.29 is 0 Å². The van der Waals surface area contributed by atoms with E-state index in [-0.39, 0.29) is 0 Å². The van der Waals surface area contributed by atoms with Gasteiger partial charge in [0.25, 0.3) is 0 Å². The molecule has 0 spiro atoms. The zero-order valence-electron chi connectivity index (χ0n) is 9.71. The lowest BCUT2D eigenvalue weighted by Gasteiger charge is -2.06. The maximum atomic E-state index is 4.54. The van der Waals surface area contributed by atoms with Crippen molar-refractivity contribution in [3.8, 4) is 0 Å². The lowest BCUT2D eigenvalue weighted by atomic mass is 10.2. The predicted molar refractivity (Wildman–Crippen MR) is 67.4 cm³/mol. The molecule has 0 aliphatic carbocycles. The monoisotopic (exact) mass is 225 g/mol. The summed E-state index contributed by atoms with van der Waals surface area (Å²) < 4.78 is 0. The quantitative estimate of drug-likeness (QED) is 0.808. The first kappa shape index (κ1) is 12.3. The molecule has 0 bridgehead atoms. The Balaban J connectivity index is 2.79. The Morgan fingerprint density at radius 1 is 1.33 bits per heavy atom. The highest BCUT2D eigenvalue weighted by molar-refractivity contribution is 7.98. The van der Waals surface area contributed by atoms with E-state index in [0.29, 0.717) is 0 Å². The van der Waals surface area contributed by atoms with Crippen LogP contribution in [-0.4, -0.2) is 22.8 Å². The molecule has 0 aliphatic rings. The van der Waals surface area contributed by atoms with E-state index < -0.39 is 0 Å². The topological polar surface area (TPSA) is 37.8 Å². The van der Waals surface area contributed by atoms with Crippen LogP contribution in [0.25, 0.3) is 0 Å². The molecule has 0 saturated heterocycles. The molecule has 0 unspecified atom stereocenters. The van der Waals surface area contributed by atoms with E-state index >= 15 is 0 Å². The van der Waals surface area contributed by atoms with Gasteiger partial charge < -0.3 is 5.32 Å². The smallest absolute Gasteiger partial charge is 0.140 e. The lowest BCUT2D eigenvalue weighted by Crippen LogP contribution is -2.02. The molecule has 84 valence electrons. The molecule has 0 saturated carbocycles. The van der Waals surface area contributed by atoms with Gasteiger partial charge in [-0.25, -0.2) is 9.97 Å². The summed E-state index contributed by atoms with van der Waals surface area (Å²) in [5, 5.41) is 3.08. The first-order valence-electron chi connectivity index (χ1n) is 5.42. The molecule has 1 rings (SSSR count). The van der Waals surface area contributed by atoms with Gasteiger partial charge in [-0.15, -0.1) is 0 Å². The van der Waals surface area contributed by atoms with E-state index in [1.165, 1.54) is 0 Å². The second kappa shape index (κ2) is 6.67. The van der Waals surface area contributed by atoms with E-state index in [1.54, 1.807) is 0 Å². The van der Waals surface area contributed by atoms with E-state index in [4.69, 9.17) is 0 Å². The Morgan fingerprint density at radius 2 is 2.13 bits per heavy atom. The molecule has 0 aromatic carbocycles. The first-order chi connectivity index (χ1) is 7.30. The Bertz CT molecular complexity index is 302. The summed E-state index contributed by atoms with van der Waals surface area (Å²) in [5.74, 6) is 3.89. The molecular weight excluding hydrogens is 206 g/mol. The van der Waals surface area contributed by atoms with Crippen molar-refractivity contribution in [1.82, 2.24) is 9.97 Å². The van der Waals surface area contributed by atoms with Crippen LogP contribution in [-0.2, 0) is 12.2 Å². The van der Waals surface area contributed by atoms with Gasteiger partial charge in [0.1, 0.15) is 11.6 Å². The molecule has 1 N–H and O–H groups in total. The van der Waals surface area contributed by atoms with Crippen molar-refractivity contribution in [2.24, 2.45) is 0 Å². The highest BCUT2D eigenvalue weighted by Gasteiger charge is 2.03. The minimum absolute atomic E-state index is 0.905. The van der Waals surface area contributed by atoms with Gasteiger partial charge in [0.2, 0.25) is 0 Å². The van der Waals surface area contributed by atoms with E-state index in [1.807, 2.05) is 24.9 Å². The summed E-state index contributed by atoms with van der Waals surface area (Å²) in [5.41, 5.74) is 1.14. The fraction of sp³-hybridized carbons (Fsp3) is 0.636. The van der Waals surface area contributed by atoms with Crippen LogP contribution in [0.15, 0.2) is 6.07 Å². The minimum Gasteiger partial charge on any atom is -0.373 e. The molecule has 0 radical (unpaired) electrons. The van der Waals surface area contributed by atoms with Gasteiger partial charge in [-0.2, -0.15) is 11.8 Å². The number of hydrogen-bond acceptors (Lipinski definition) is 4. The van der Waals surface area contributed by atoms with Crippen molar-refractivity contribution in [2.45, 2.75) is 32.4 Å². The van der Waals surface area contributed by atoms with Crippen LogP contribution >= 0.6 is 11.8 Å². The number of nitrogens with zero attached hydrogens (tertiary/aromatic N) is 2. The average Bonchev–Trinajstić information content (AvgIpc) is 2.26. The SMILES string of the molecule is CCCc1cc(NC)nc(CSCC)n1. The zero-order chi connectivity index (χ0) is 11.1. The van der Waals surface area contributed by atoms with Crippen LogP contribution in [0.2, 0.25) is 0 Å². The number of hydrogen-bond donors (Lipinski definition) is 1. The minimum atomic E-state index is 0.905. The summed E-state index contributed by atoms with van der Waals surface area (Å²) in [6.07, 6.45) is 2.15. The third kappa shape index (κ3) is 4.08. The van der Waals surface area contributed by atoms with Gasteiger partial charge in [0.15, 0.2) is 0 Å². The fourth-order valence-corrected chi connectivity index (χ4v) is 1.84. The maximum Gasteiger partial charge on any atom is 0.140 e. The number of thioether (sulfide) groups is 1. The molecular formula is C11H19N3S. The third-order valence-corrected chi connectivity index (χ3v) is 2.89. The van der Waals surface area contributed by atoms with Gasteiger partial charge in [0.05, 0.1) is 5.75 Å². The molecule has 4 heteroatoms. The molecule has 1 aromatic rings. The summed E-state index contributed by atoms with van der Waals surface area (Å²) in [6, 6.07) is 2.03. The second-order valence-electron chi connectivity index (χ2n) is 3.30. The third-order valence-electron chi connectivity index (χ3n) is 2.02. The maximum absolute atomic E-state index is 4.54. The van der Waals surface area contributed by atoms with Crippen molar-refractivity contribution >= 4 is 17.6 Å². The second-order valence-corrected chi connectivity index (χ2v) is 4.57. The van der Waals surface area contributed by atoms with Crippen molar-refractivity contribution in [3.63, 3.8) is 0 Å². The number of aromatic nitrogens is 2. The predicted octanol–water partition coefficient (Wildman–Crippen LogP) is 2.72. The van der Waals surface area contributed by atoms with Crippen LogP contribution in [0.4, 0.5) is 5.82 Å². The Hall–Kier alpha value is -0.770. The molecule has 0 atom stereocenters. The number of rotatable bonds is 6. The van der Waals surface area contributed by atoms with Crippen LogP contribution in [0.1, 0.15) is 31.8 Å². The first-order valence-corrected chi connectivity index (χ1v) is 6.58. The molecule has 0 aliphatic heterocycles. The van der Waals surface area contributed by atoms with Gasteiger partial charge in [-0.05, 0) is 12.2 Å². The van der Waals surface area contributed by atoms with Crippen molar-refractivity contribution in [3.05, 3.63) is 17.6 Å². The molecule has 1 heterocycles. The van der Waals surface area contributed by atoms with Gasteiger partial charge in [0, 0.05) is 18.8 Å². The summed E-state index contributed by atoms with van der Waals surface area (Å²) in [4.78, 5) is 8.97.